The predicted octanol–water partition coefficient (Wildman–Crippen LogP) is 1.43. The lowest BCUT2D eigenvalue weighted by Crippen LogP contribution is -2.44. The van der Waals surface area contributed by atoms with Crippen LogP contribution in [0, 0.1) is 6.92 Å². The summed E-state index contributed by atoms with van der Waals surface area (Å²) in [4.78, 5) is 0.283. The van der Waals surface area contributed by atoms with Crippen LogP contribution in [0.1, 0.15) is 25.8 Å². The molecule has 0 spiro atoms. The summed E-state index contributed by atoms with van der Waals surface area (Å²) in [5, 5.41) is 8.89. The molecule has 0 radical (unpaired) electrons. The molecular weight excluding hydrogens is 238 g/mol. The number of hydrogen-bond acceptors (Lipinski definition) is 3. The normalized spacial score (nSPS) is 12.7. The number of aliphatic hydroxyl groups excluding tert-OH is 1. The van der Waals surface area contributed by atoms with Crippen molar-refractivity contribution in [2.75, 3.05) is 6.61 Å². The fourth-order valence-electron chi connectivity index (χ4n) is 1.61. The third-order valence-corrected chi connectivity index (χ3v) is 4.39. The summed E-state index contributed by atoms with van der Waals surface area (Å²) >= 11 is 0. The second-order valence-corrected chi connectivity index (χ2v) is 6.38. The summed E-state index contributed by atoms with van der Waals surface area (Å²) in [6.45, 7) is 5.20. The summed E-state index contributed by atoms with van der Waals surface area (Å²) < 4.78 is 26.9. The van der Waals surface area contributed by atoms with E-state index < -0.39 is 15.6 Å². The van der Waals surface area contributed by atoms with Gasteiger partial charge >= 0.3 is 0 Å². The maximum atomic E-state index is 12.2. The minimum Gasteiger partial charge on any atom is -0.396 e. The van der Waals surface area contributed by atoms with Crippen molar-refractivity contribution in [3.8, 4) is 0 Å². The summed E-state index contributed by atoms with van der Waals surface area (Å²) in [6, 6.07) is 6.83. The van der Waals surface area contributed by atoms with Crippen molar-refractivity contribution in [3.05, 3.63) is 29.8 Å². The number of nitrogens with one attached hydrogen (secondary N) is 1. The molecule has 0 fully saturated rings. The molecule has 0 saturated heterocycles. The van der Waals surface area contributed by atoms with Gasteiger partial charge in [0.15, 0.2) is 0 Å². The molecular formula is C12H19NO3S. The van der Waals surface area contributed by atoms with Gasteiger partial charge in [-0.15, -0.1) is 0 Å². The second kappa shape index (κ2) is 5.16. The Labute approximate surface area is 103 Å². The third-order valence-electron chi connectivity index (χ3n) is 2.53. The standard InChI is InChI=1S/C12H19NO3S/c1-10-6-4-5-7-11(10)17(15,16)13-12(2,3)8-9-14/h4-7,13-14H,8-9H2,1-3H3. The van der Waals surface area contributed by atoms with Crippen LogP contribution < -0.4 is 4.72 Å². The molecule has 0 unspecified atom stereocenters. The van der Waals surface area contributed by atoms with Crippen LogP contribution in [-0.4, -0.2) is 25.7 Å². The fourth-order valence-corrected chi connectivity index (χ4v) is 3.30. The Morgan fingerprint density at radius 1 is 1.29 bits per heavy atom. The number of aliphatic hydroxyl groups is 1. The first-order valence-electron chi connectivity index (χ1n) is 5.49. The lowest BCUT2D eigenvalue weighted by Gasteiger charge is -2.25. The molecule has 0 heterocycles. The van der Waals surface area contributed by atoms with Crippen LogP contribution in [0.15, 0.2) is 29.2 Å². The molecule has 2 N–H and O–H groups in total. The van der Waals surface area contributed by atoms with Gasteiger partial charge in [-0.3, -0.25) is 0 Å². The van der Waals surface area contributed by atoms with Crippen LogP contribution in [0.4, 0.5) is 0 Å². The maximum Gasteiger partial charge on any atom is 0.241 e. The first-order chi connectivity index (χ1) is 7.78. The highest BCUT2D eigenvalue weighted by Crippen LogP contribution is 2.18. The molecule has 0 bridgehead atoms. The number of benzene rings is 1. The van der Waals surface area contributed by atoms with Crippen LogP contribution in [-0.2, 0) is 10.0 Å². The van der Waals surface area contributed by atoms with Crippen LogP contribution in [0.2, 0.25) is 0 Å². The number of sulfonamides is 1. The Hall–Kier alpha value is -0.910. The molecule has 17 heavy (non-hydrogen) atoms. The molecule has 5 heteroatoms. The highest BCUT2D eigenvalue weighted by molar-refractivity contribution is 7.89. The highest BCUT2D eigenvalue weighted by atomic mass is 32.2. The first kappa shape index (κ1) is 14.2. The molecule has 0 saturated carbocycles. The van der Waals surface area contributed by atoms with Crippen molar-refractivity contribution < 1.29 is 13.5 Å². The Morgan fingerprint density at radius 3 is 2.41 bits per heavy atom. The monoisotopic (exact) mass is 257 g/mol. The Kier molecular flexibility index (Phi) is 4.30. The topological polar surface area (TPSA) is 66.4 Å². The van der Waals surface area contributed by atoms with Gasteiger partial charge in [0.05, 0.1) is 4.90 Å². The van der Waals surface area contributed by atoms with E-state index >= 15 is 0 Å². The average Bonchev–Trinajstić information content (AvgIpc) is 2.15. The predicted molar refractivity (Wildman–Crippen MR) is 67.3 cm³/mol. The molecule has 0 aliphatic carbocycles. The second-order valence-electron chi connectivity index (χ2n) is 4.73. The molecule has 0 amide bonds. The summed E-state index contributed by atoms with van der Waals surface area (Å²) in [5.41, 5.74) is 0.0513. The van der Waals surface area contributed by atoms with E-state index in [2.05, 4.69) is 4.72 Å². The Morgan fingerprint density at radius 2 is 1.88 bits per heavy atom. The Balaban J connectivity index is 3.02. The zero-order chi connectivity index (χ0) is 13.1. The smallest absolute Gasteiger partial charge is 0.241 e. The summed E-state index contributed by atoms with van der Waals surface area (Å²) in [7, 11) is -3.53. The summed E-state index contributed by atoms with van der Waals surface area (Å²) in [5.74, 6) is 0. The highest BCUT2D eigenvalue weighted by Gasteiger charge is 2.26. The zero-order valence-electron chi connectivity index (χ0n) is 10.4. The van der Waals surface area contributed by atoms with Gasteiger partial charge in [0, 0.05) is 12.1 Å². The van der Waals surface area contributed by atoms with E-state index in [9.17, 15) is 8.42 Å². The van der Waals surface area contributed by atoms with Crippen molar-refractivity contribution in [2.24, 2.45) is 0 Å². The van der Waals surface area contributed by atoms with E-state index in [4.69, 9.17) is 5.11 Å². The van der Waals surface area contributed by atoms with Gasteiger partial charge in [-0.2, -0.15) is 0 Å². The largest absolute Gasteiger partial charge is 0.396 e. The van der Waals surface area contributed by atoms with E-state index in [1.807, 2.05) is 0 Å². The quantitative estimate of drug-likeness (QED) is 0.838. The molecule has 0 atom stereocenters. The van der Waals surface area contributed by atoms with Crippen molar-refractivity contribution in [3.63, 3.8) is 0 Å². The van der Waals surface area contributed by atoms with Gasteiger partial charge in [-0.1, -0.05) is 18.2 Å². The van der Waals surface area contributed by atoms with Gasteiger partial charge in [-0.05, 0) is 38.8 Å². The van der Waals surface area contributed by atoms with Gasteiger partial charge < -0.3 is 5.11 Å². The van der Waals surface area contributed by atoms with Crippen LogP contribution >= 0.6 is 0 Å². The molecule has 1 aromatic rings. The van der Waals surface area contributed by atoms with Crippen LogP contribution in [0.5, 0.6) is 0 Å². The van der Waals surface area contributed by atoms with Crippen molar-refractivity contribution in [2.45, 2.75) is 37.6 Å². The SMILES string of the molecule is Cc1ccccc1S(=O)(=O)NC(C)(C)CCO. The zero-order valence-corrected chi connectivity index (χ0v) is 11.2. The molecule has 1 rings (SSSR count). The molecule has 0 aliphatic rings. The van der Waals surface area contributed by atoms with Crippen LogP contribution in [0.25, 0.3) is 0 Å². The van der Waals surface area contributed by atoms with Gasteiger partial charge in [-0.25, -0.2) is 13.1 Å². The average molecular weight is 257 g/mol. The number of aryl methyl sites for hydroxylation is 1. The molecule has 4 nitrogen and oxygen atoms in total. The molecule has 96 valence electrons. The molecule has 0 aromatic heterocycles. The van der Waals surface area contributed by atoms with E-state index in [1.54, 1.807) is 45.0 Å². The maximum absolute atomic E-state index is 12.2. The van der Waals surface area contributed by atoms with Gasteiger partial charge in [0.1, 0.15) is 0 Å². The van der Waals surface area contributed by atoms with Crippen molar-refractivity contribution >= 4 is 10.0 Å². The lowest BCUT2D eigenvalue weighted by atomic mass is 10.0. The minimum absolute atomic E-state index is 0.0523. The van der Waals surface area contributed by atoms with E-state index in [0.29, 0.717) is 12.0 Å². The van der Waals surface area contributed by atoms with Gasteiger partial charge in [0.2, 0.25) is 10.0 Å². The van der Waals surface area contributed by atoms with Crippen molar-refractivity contribution in [1.82, 2.24) is 4.72 Å². The first-order valence-corrected chi connectivity index (χ1v) is 6.97. The number of hydrogen-bond donors (Lipinski definition) is 2. The van der Waals surface area contributed by atoms with E-state index in [0.717, 1.165) is 0 Å². The lowest BCUT2D eigenvalue weighted by molar-refractivity contribution is 0.245. The van der Waals surface area contributed by atoms with Gasteiger partial charge in [0.25, 0.3) is 0 Å². The summed E-state index contributed by atoms with van der Waals surface area (Å²) in [6.07, 6.45) is 0.373. The van der Waals surface area contributed by atoms with E-state index in [-0.39, 0.29) is 11.5 Å². The van der Waals surface area contributed by atoms with Crippen molar-refractivity contribution in [1.29, 1.82) is 0 Å². The Bertz CT molecular complexity index is 480. The van der Waals surface area contributed by atoms with Crippen LogP contribution in [0.3, 0.4) is 0 Å². The fraction of sp³-hybridized carbons (Fsp3) is 0.500. The molecule has 0 aliphatic heterocycles. The third kappa shape index (κ3) is 3.80. The molecule has 1 aromatic carbocycles. The minimum atomic E-state index is -3.53. The number of rotatable bonds is 5. The van der Waals surface area contributed by atoms with E-state index in [1.165, 1.54) is 0 Å².